The van der Waals surface area contributed by atoms with E-state index in [9.17, 15) is 10.4 Å². The number of hydrogen-bond donors (Lipinski definition) is 3. The van der Waals surface area contributed by atoms with E-state index in [-0.39, 0.29) is 17.4 Å². The molecule has 4 N–H and O–H groups in total. The number of amidine groups is 1. The Bertz CT molecular complexity index is 1410. The highest BCUT2D eigenvalue weighted by Crippen LogP contribution is 2.30. The third-order valence-electron chi connectivity index (χ3n) is 6.28. The summed E-state index contributed by atoms with van der Waals surface area (Å²) < 4.78 is 22.5. The smallest absolute Gasteiger partial charge is 0.156 e. The number of aliphatic imine (C=N–C) groups is 1. The molecule has 0 bridgehead atoms. The van der Waals surface area contributed by atoms with Crippen LogP contribution in [-0.2, 0) is 11.2 Å². The third-order valence-corrected chi connectivity index (χ3v) is 6.28. The van der Waals surface area contributed by atoms with Gasteiger partial charge in [0.15, 0.2) is 5.82 Å². The normalized spacial score (nSPS) is 16.9. The van der Waals surface area contributed by atoms with Crippen LogP contribution in [0, 0.1) is 24.1 Å². The van der Waals surface area contributed by atoms with Gasteiger partial charge in [-0.05, 0) is 43.2 Å². The average Bonchev–Trinajstić information content (AvgIpc) is 3.25. The molecular formula is C27H30FN7O2. The Morgan fingerprint density at radius 1 is 1.41 bits per heavy atom. The maximum Gasteiger partial charge on any atom is 0.156 e. The van der Waals surface area contributed by atoms with Crippen molar-refractivity contribution in [2.45, 2.75) is 26.3 Å². The van der Waals surface area contributed by atoms with Crippen LogP contribution in [0.1, 0.15) is 23.7 Å². The van der Waals surface area contributed by atoms with Gasteiger partial charge in [0.05, 0.1) is 48.4 Å². The average molecular weight is 504 g/mol. The van der Waals surface area contributed by atoms with E-state index in [0.29, 0.717) is 43.2 Å². The van der Waals surface area contributed by atoms with Crippen molar-refractivity contribution in [1.29, 1.82) is 5.26 Å². The number of aliphatic hydroxyl groups excluding tert-OH is 1. The number of benzene rings is 1. The Morgan fingerprint density at radius 2 is 2.22 bits per heavy atom. The number of nitrogens with two attached hydrogens (primary N) is 1. The van der Waals surface area contributed by atoms with Gasteiger partial charge in [0.2, 0.25) is 0 Å². The van der Waals surface area contributed by atoms with Crippen LogP contribution in [-0.4, -0.2) is 58.2 Å². The molecule has 0 amide bonds. The second kappa shape index (κ2) is 11.1. The summed E-state index contributed by atoms with van der Waals surface area (Å²) in [7, 11) is 1.78. The van der Waals surface area contributed by atoms with E-state index in [1.807, 2.05) is 28.5 Å². The molecule has 1 unspecified atom stereocenters. The number of rotatable bonds is 7. The quantitative estimate of drug-likeness (QED) is 0.255. The molecule has 10 heteroatoms. The largest absolute Gasteiger partial charge is 0.516 e. The molecule has 192 valence electrons. The van der Waals surface area contributed by atoms with Crippen molar-refractivity contribution < 1.29 is 14.2 Å². The molecule has 0 aliphatic carbocycles. The van der Waals surface area contributed by atoms with Crippen molar-refractivity contribution in [3.05, 3.63) is 77.3 Å². The molecule has 37 heavy (non-hydrogen) atoms. The van der Waals surface area contributed by atoms with Gasteiger partial charge in [-0.1, -0.05) is 6.92 Å². The number of ether oxygens (including phenoxy) is 1. The molecule has 0 spiro atoms. The summed E-state index contributed by atoms with van der Waals surface area (Å²) in [5.41, 5.74) is 9.26. The molecular weight excluding hydrogens is 473 g/mol. The van der Waals surface area contributed by atoms with Crippen LogP contribution < -0.4 is 11.1 Å². The first-order chi connectivity index (χ1) is 17.9. The summed E-state index contributed by atoms with van der Waals surface area (Å²) in [6.45, 7) is 5.39. The van der Waals surface area contributed by atoms with Crippen molar-refractivity contribution in [1.82, 2.24) is 19.8 Å². The van der Waals surface area contributed by atoms with Crippen molar-refractivity contribution in [2.24, 2.45) is 10.7 Å². The zero-order chi connectivity index (χ0) is 26.5. The lowest BCUT2D eigenvalue weighted by Crippen LogP contribution is -2.46. The minimum Gasteiger partial charge on any atom is -0.516 e. The summed E-state index contributed by atoms with van der Waals surface area (Å²) in [6.07, 6.45) is 6.73. The highest BCUT2D eigenvalue weighted by molar-refractivity contribution is 5.94. The molecule has 1 fully saturated rings. The van der Waals surface area contributed by atoms with E-state index < -0.39 is 5.82 Å². The number of nitrogens with one attached hydrogen (secondary N) is 1. The molecule has 9 nitrogen and oxygen atoms in total. The molecule has 1 aliphatic rings. The summed E-state index contributed by atoms with van der Waals surface area (Å²) >= 11 is 0. The Kier molecular flexibility index (Phi) is 7.74. The predicted molar refractivity (Wildman–Crippen MR) is 141 cm³/mol. The number of pyridine rings is 1. The Morgan fingerprint density at radius 3 is 2.89 bits per heavy atom. The van der Waals surface area contributed by atoms with E-state index in [0.717, 1.165) is 28.7 Å². The van der Waals surface area contributed by atoms with Crippen LogP contribution in [0.5, 0.6) is 0 Å². The van der Waals surface area contributed by atoms with Crippen LogP contribution in [0.25, 0.3) is 16.6 Å². The standard InChI is InChI=1S/C27H30FN7O2/c1-4-20-11-19-15-32-25(12-23(19)35(20)27-17(2)9-18(14-29)10-22(27)28)33-24(30)13-26(31-3)34-6-8-37-16-21(34)5-7-36/h5,7,9-13,15,21,31,36H,4,6,8,16H2,1-3H3,(H2,30,32,33)/b7-5?,26-13+. The Balaban J connectivity index is 1.76. The minimum atomic E-state index is -0.469. The van der Waals surface area contributed by atoms with E-state index in [2.05, 4.69) is 15.3 Å². The third kappa shape index (κ3) is 5.27. The number of halogens is 1. The van der Waals surface area contributed by atoms with Gasteiger partial charge in [0, 0.05) is 43.0 Å². The fourth-order valence-electron chi connectivity index (χ4n) is 4.60. The van der Waals surface area contributed by atoms with Gasteiger partial charge in [-0.25, -0.2) is 14.4 Å². The van der Waals surface area contributed by atoms with Crippen LogP contribution in [0.2, 0.25) is 0 Å². The lowest BCUT2D eigenvalue weighted by Gasteiger charge is -2.36. The minimum absolute atomic E-state index is 0.152. The van der Waals surface area contributed by atoms with Crippen molar-refractivity contribution >= 4 is 22.6 Å². The molecule has 1 aromatic carbocycles. The van der Waals surface area contributed by atoms with E-state index in [1.54, 1.807) is 44.5 Å². The summed E-state index contributed by atoms with van der Waals surface area (Å²) in [5, 5.41) is 22.4. The summed E-state index contributed by atoms with van der Waals surface area (Å²) in [6, 6.07) is 8.53. The predicted octanol–water partition coefficient (Wildman–Crippen LogP) is 3.73. The maximum atomic E-state index is 15.2. The topological polar surface area (TPSA) is 125 Å². The molecule has 1 atom stereocenters. The van der Waals surface area contributed by atoms with Gasteiger partial charge >= 0.3 is 0 Å². The van der Waals surface area contributed by atoms with E-state index in [1.165, 1.54) is 6.07 Å². The van der Waals surface area contributed by atoms with Gasteiger partial charge in [-0.15, -0.1) is 0 Å². The number of fused-ring (bicyclic) bond motifs is 1. The van der Waals surface area contributed by atoms with Gasteiger partial charge in [0.1, 0.15) is 17.5 Å². The Labute approximate surface area is 215 Å². The number of hydrogen-bond acceptors (Lipinski definition) is 7. The Hall–Kier alpha value is -4.36. The zero-order valence-corrected chi connectivity index (χ0v) is 21.1. The second-order valence-corrected chi connectivity index (χ2v) is 8.65. The van der Waals surface area contributed by atoms with Crippen LogP contribution in [0.3, 0.4) is 0 Å². The molecule has 4 rings (SSSR count). The molecule has 1 saturated heterocycles. The van der Waals surface area contributed by atoms with E-state index in [4.69, 9.17) is 10.5 Å². The van der Waals surface area contributed by atoms with Gasteiger partial charge in [-0.3, -0.25) is 0 Å². The number of aliphatic hydroxyl groups is 1. The molecule has 0 radical (unpaired) electrons. The van der Waals surface area contributed by atoms with Crippen LogP contribution in [0.4, 0.5) is 10.2 Å². The van der Waals surface area contributed by atoms with Crippen molar-refractivity contribution in [3.63, 3.8) is 0 Å². The van der Waals surface area contributed by atoms with E-state index >= 15 is 4.39 Å². The van der Waals surface area contributed by atoms with Gasteiger partial charge in [0.25, 0.3) is 0 Å². The van der Waals surface area contributed by atoms with Gasteiger partial charge in [-0.2, -0.15) is 5.26 Å². The number of morpholine rings is 1. The number of nitriles is 1. The number of aromatic nitrogens is 2. The first kappa shape index (κ1) is 25.7. The monoisotopic (exact) mass is 503 g/mol. The summed E-state index contributed by atoms with van der Waals surface area (Å²) in [4.78, 5) is 11.0. The van der Waals surface area contributed by atoms with Crippen molar-refractivity contribution in [2.75, 3.05) is 26.8 Å². The van der Waals surface area contributed by atoms with Crippen LogP contribution in [0.15, 0.2) is 59.7 Å². The lowest BCUT2D eigenvalue weighted by molar-refractivity contribution is 0.0238. The molecule has 1 aliphatic heterocycles. The van der Waals surface area contributed by atoms with Gasteiger partial charge < -0.3 is 30.4 Å². The highest BCUT2D eigenvalue weighted by atomic mass is 19.1. The highest BCUT2D eigenvalue weighted by Gasteiger charge is 2.23. The molecule has 2 aromatic heterocycles. The molecule has 0 saturated carbocycles. The first-order valence-corrected chi connectivity index (χ1v) is 12.0. The summed E-state index contributed by atoms with van der Waals surface area (Å²) in [5.74, 6) is 0.854. The van der Waals surface area contributed by atoms with Crippen LogP contribution >= 0.6 is 0 Å². The fraction of sp³-hybridized carbons (Fsp3) is 0.296. The second-order valence-electron chi connectivity index (χ2n) is 8.65. The molecule has 3 heterocycles. The zero-order valence-electron chi connectivity index (χ0n) is 21.1. The van der Waals surface area contributed by atoms with Crippen molar-refractivity contribution in [3.8, 4) is 11.8 Å². The number of aryl methyl sites for hydroxylation is 2. The molecule has 3 aromatic rings. The maximum absolute atomic E-state index is 15.2. The fourth-order valence-corrected chi connectivity index (χ4v) is 4.60. The SMILES string of the molecule is CCc1cc2cnc(N=C(N)/C=C(\NC)N3CCOCC3C=CO)cc2n1-c1c(C)cc(C#N)cc1F. The first-order valence-electron chi connectivity index (χ1n) is 12.0. The lowest BCUT2D eigenvalue weighted by atomic mass is 10.1. The number of nitrogens with zero attached hydrogens (tertiary/aromatic N) is 5.